The predicted molar refractivity (Wildman–Crippen MR) is 133 cm³/mol. The van der Waals surface area contributed by atoms with E-state index in [1.54, 1.807) is 36.4 Å². The van der Waals surface area contributed by atoms with Crippen LogP contribution in [-0.4, -0.2) is 42.4 Å². The molecular formula is C25H30N4O6. The Balaban J connectivity index is 1.56. The number of aromatic nitrogens is 2. The van der Waals surface area contributed by atoms with Gasteiger partial charge in [-0.1, -0.05) is 19.9 Å². The first-order chi connectivity index (χ1) is 16.8. The molecule has 1 aromatic heterocycles. The van der Waals surface area contributed by atoms with Crippen LogP contribution in [0.2, 0.25) is 0 Å². The smallest absolute Gasteiger partial charge is 0.411 e. The lowest BCUT2D eigenvalue weighted by Crippen LogP contribution is -2.22. The maximum Gasteiger partial charge on any atom is 0.411 e. The first kappa shape index (κ1) is 25.5. The molecule has 0 aliphatic heterocycles. The van der Waals surface area contributed by atoms with E-state index in [1.165, 1.54) is 25.1 Å². The number of amides is 2. The highest BCUT2D eigenvalue weighted by atomic mass is 16.5. The highest BCUT2D eigenvalue weighted by molar-refractivity contribution is 5.92. The minimum Gasteiger partial charge on any atom is -0.493 e. The molecule has 0 atom stereocenters. The van der Waals surface area contributed by atoms with E-state index < -0.39 is 6.09 Å². The van der Waals surface area contributed by atoms with Gasteiger partial charge in [-0.3, -0.25) is 19.5 Å². The van der Waals surface area contributed by atoms with E-state index >= 15 is 0 Å². The van der Waals surface area contributed by atoms with Crippen molar-refractivity contribution in [1.82, 2.24) is 9.55 Å². The van der Waals surface area contributed by atoms with Crippen LogP contribution in [0.5, 0.6) is 11.5 Å². The summed E-state index contributed by atoms with van der Waals surface area (Å²) in [5.41, 5.74) is 1.34. The number of carbonyl (C=O) groups is 2. The molecule has 186 valence electrons. The summed E-state index contributed by atoms with van der Waals surface area (Å²) in [7, 11) is 3.02. The molecule has 3 aromatic rings. The number of ether oxygens (including phenoxy) is 3. The van der Waals surface area contributed by atoms with Crippen molar-refractivity contribution in [2.75, 3.05) is 31.5 Å². The number of anilines is 2. The van der Waals surface area contributed by atoms with Crippen molar-refractivity contribution >= 4 is 34.3 Å². The minimum atomic E-state index is -0.548. The van der Waals surface area contributed by atoms with Gasteiger partial charge in [0.05, 0.1) is 38.1 Å². The van der Waals surface area contributed by atoms with Gasteiger partial charge in [-0.15, -0.1) is 0 Å². The van der Waals surface area contributed by atoms with E-state index in [-0.39, 0.29) is 23.8 Å². The quantitative estimate of drug-likeness (QED) is 0.447. The Labute approximate surface area is 203 Å². The lowest BCUT2D eigenvalue weighted by Gasteiger charge is -2.11. The first-order valence-electron chi connectivity index (χ1n) is 11.3. The fraction of sp³-hybridized carbons (Fsp3) is 0.360. The van der Waals surface area contributed by atoms with Crippen molar-refractivity contribution < 1.29 is 23.8 Å². The normalized spacial score (nSPS) is 10.8. The fourth-order valence-corrected chi connectivity index (χ4v) is 3.35. The van der Waals surface area contributed by atoms with Crippen LogP contribution in [0, 0.1) is 5.92 Å². The summed E-state index contributed by atoms with van der Waals surface area (Å²) in [6.07, 6.45) is 1.55. The van der Waals surface area contributed by atoms with Crippen LogP contribution in [0.4, 0.5) is 16.2 Å². The van der Waals surface area contributed by atoms with Crippen LogP contribution in [0.15, 0.2) is 47.5 Å². The third-order valence-corrected chi connectivity index (χ3v) is 5.07. The zero-order chi connectivity index (χ0) is 25.4. The van der Waals surface area contributed by atoms with E-state index in [4.69, 9.17) is 14.2 Å². The Morgan fingerprint density at radius 3 is 2.40 bits per heavy atom. The van der Waals surface area contributed by atoms with Gasteiger partial charge in [-0.2, -0.15) is 0 Å². The van der Waals surface area contributed by atoms with E-state index in [1.807, 2.05) is 13.8 Å². The highest BCUT2D eigenvalue weighted by Crippen LogP contribution is 2.29. The second-order valence-electron chi connectivity index (χ2n) is 8.32. The number of benzene rings is 2. The van der Waals surface area contributed by atoms with Gasteiger partial charge < -0.3 is 19.5 Å². The van der Waals surface area contributed by atoms with Crippen LogP contribution in [0.1, 0.15) is 26.7 Å². The topological polar surface area (TPSA) is 121 Å². The van der Waals surface area contributed by atoms with E-state index in [2.05, 4.69) is 15.6 Å². The second-order valence-corrected chi connectivity index (χ2v) is 8.32. The summed E-state index contributed by atoms with van der Waals surface area (Å²) in [5.74, 6) is 0.964. The summed E-state index contributed by atoms with van der Waals surface area (Å²) in [4.78, 5) is 41.4. The standard InChI is InChI=1S/C25H30N4O6/c1-16(2)14-35-25(32)28-18-8-5-7-17(11-18)27-23(30)9-6-10-29-15-26-20-13-22(34-4)21(33-3)12-19(20)24(29)31/h5,7-8,11-13,15-16H,6,9-10,14H2,1-4H3,(H,27,30)(H,28,32). The van der Waals surface area contributed by atoms with Crippen LogP contribution < -0.4 is 25.7 Å². The molecule has 0 aliphatic carbocycles. The number of nitrogens with one attached hydrogen (secondary N) is 2. The summed E-state index contributed by atoms with van der Waals surface area (Å²) >= 11 is 0. The molecule has 1 heterocycles. The molecule has 10 heteroatoms. The molecule has 10 nitrogen and oxygen atoms in total. The average molecular weight is 483 g/mol. The zero-order valence-corrected chi connectivity index (χ0v) is 20.3. The number of fused-ring (bicyclic) bond motifs is 1. The molecule has 0 fully saturated rings. The third-order valence-electron chi connectivity index (χ3n) is 5.07. The number of methoxy groups -OCH3 is 2. The molecule has 2 N–H and O–H groups in total. The molecule has 0 unspecified atom stereocenters. The Hall–Kier alpha value is -4.08. The molecule has 0 saturated heterocycles. The van der Waals surface area contributed by atoms with Gasteiger partial charge in [-0.05, 0) is 36.6 Å². The average Bonchev–Trinajstić information content (AvgIpc) is 2.83. The van der Waals surface area contributed by atoms with Gasteiger partial charge in [0.25, 0.3) is 5.56 Å². The van der Waals surface area contributed by atoms with Crippen molar-refractivity contribution in [3.8, 4) is 11.5 Å². The largest absolute Gasteiger partial charge is 0.493 e. The highest BCUT2D eigenvalue weighted by Gasteiger charge is 2.12. The number of nitrogens with zero attached hydrogens (tertiary/aromatic N) is 2. The van der Waals surface area contributed by atoms with Crippen molar-refractivity contribution in [2.24, 2.45) is 5.92 Å². The van der Waals surface area contributed by atoms with Gasteiger partial charge in [0.1, 0.15) is 0 Å². The molecule has 0 radical (unpaired) electrons. The van der Waals surface area contributed by atoms with Crippen LogP contribution in [-0.2, 0) is 16.1 Å². The number of hydrogen-bond donors (Lipinski definition) is 2. The Bertz CT molecular complexity index is 1250. The van der Waals surface area contributed by atoms with Crippen LogP contribution in [0.25, 0.3) is 10.9 Å². The predicted octanol–water partition coefficient (Wildman–Crippen LogP) is 4.04. The summed E-state index contributed by atoms with van der Waals surface area (Å²) in [6.45, 7) is 4.54. The molecule has 0 saturated carbocycles. The van der Waals surface area contributed by atoms with Crippen molar-refractivity contribution in [1.29, 1.82) is 0 Å². The molecule has 0 spiro atoms. The molecule has 2 amide bonds. The fourth-order valence-electron chi connectivity index (χ4n) is 3.35. The lowest BCUT2D eigenvalue weighted by molar-refractivity contribution is -0.116. The van der Waals surface area contributed by atoms with Gasteiger partial charge >= 0.3 is 6.09 Å². The maximum absolute atomic E-state index is 12.9. The summed E-state index contributed by atoms with van der Waals surface area (Å²) in [6, 6.07) is 10.1. The number of rotatable bonds is 10. The van der Waals surface area contributed by atoms with E-state index in [9.17, 15) is 14.4 Å². The maximum atomic E-state index is 12.9. The van der Waals surface area contributed by atoms with E-state index in [0.29, 0.717) is 53.3 Å². The number of carbonyl (C=O) groups excluding carboxylic acids is 2. The van der Waals surface area contributed by atoms with Crippen molar-refractivity contribution in [3.63, 3.8) is 0 Å². The van der Waals surface area contributed by atoms with Crippen molar-refractivity contribution in [2.45, 2.75) is 33.2 Å². The number of hydrogen-bond acceptors (Lipinski definition) is 7. The van der Waals surface area contributed by atoms with Gasteiger partial charge in [0.2, 0.25) is 5.91 Å². The van der Waals surface area contributed by atoms with Gasteiger partial charge in [0, 0.05) is 30.4 Å². The molecular weight excluding hydrogens is 452 g/mol. The molecule has 3 rings (SSSR count). The van der Waals surface area contributed by atoms with Gasteiger partial charge in [0.15, 0.2) is 11.5 Å². The van der Waals surface area contributed by atoms with Crippen molar-refractivity contribution in [3.05, 3.63) is 53.1 Å². The van der Waals surface area contributed by atoms with E-state index in [0.717, 1.165) is 0 Å². The molecule has 2 aromatic carbocycles. The first-order valence-corrected chi connectivity index (χ1v) is 11.3. The Kier molecular flexibility index (Phi) is 8.66. The minimum absolute atomic E-state index is 0.199. The number of aryl methyl sites for hydroxylation is 1. The summed E-state index contributed by atoms with van der Waals surface area (Å²) in [5, 5.41) is 5.85. The Morgan fingerprint density at radius 2 is 1.71 bits per heavy atom. The SMILES string of the molecule is COc1cc2ncn(CCCC(=O)Nc3cccc(NC(=O)OCC(C)C)c3)c(=O)c2cc1OC. The third kappa shape index (κ3) is 6.95. The molecule has 35 heavy (non-hydrogen) atoms. The summed E-state index contributed by atoms with van der Waals surface area (Å²) < 4.78 is 17.1. The second kappa shape index (κ2) is 11.9. The lowest BCUT2D eigenvalue weighted by atomic mass is 10.2. The monoisotopic (exact) mass is 482 g/mol. The molecule has 0 bridgehead atoms. The van der Waals surface area contributed by atoms with Crippen LogP contribution >= 0.6 is 0 Å². The van der Waals surface area contributed by atoms with Gasteiger partial charge in [-0.25, -0.2) is 9.78 Å². The van der Waals surface area contributed by atoms with Crippen LogP contribution in [0.3, 0.4) is 0 Å². The zero-order valence-electron chi connectivity index (χ0n) is 20.3. The molecule has 0 aliphatic rings. The Morgan fingerprint density at radius 1 is 1.03 bits per heavy atom.